The van der Waals surface area contributed by atoms with E-state index in [1.807, 2.05) is 0 Å². The molecule has 0 aliphatic heterocycles. The molecule has 0 bridgehead atoms. The van der Waals surface area contributed by atoms with Crippen LogP contribution in [0.1, 0.15) is 49.4 Å². The summed E-state index contributed by atoms with van der Waals surface area (Å²) in [5.74, 6) is -0.962. The van der Waals surface area contributed by atoms with Crippen LogP contribution < -0.4 is 0 Å². The van der Waals surface area contributed by atoms with Gasteiger partial charge < -0.3 is 9.64 Å². The lowest BCUT2D eigenvalue weighted by molar-refractivity contribution is -0.141. The van der Waals surface area contributed by atoms with Gasteiger partial charge in [0.15, 0.2) is 6.10 Å². The molecule has 1 aliphatic rings. The van der Waals surface area contributed by atoms with E-state index in [0.29, 0.717) is 0 Å². The largest absolute Gasteiger partial charge is 0.449 e. The predicted octanol–water partition coefficient (Wildman–Crippen LogP) is 2.27. The predicted molar refractivity (Wildman–Crippen MR) is 102 cm³/mol. The fraction of sp³-hybridized carbons (Fsp3) is 0.579. The standard InChI is InChI=1S/C19H28N2O5S/c1-14(18(22)21(4)16-10-6-5-7-11-16)26-19(23)15-9-8-12-17(13-15)27(24,25)20(2)3/h8-9,12-14,16H,5-7,10-11H2,1-4H3/t14-/m1/s1. The number of sulfonamides is 1. The molecule has 150 valence electrons. The fourth-order valence-electron chi connectivity index (χ4n) is 3.21. The first kappa shape index (κ1) is 21.4. The summed E-state index contributed by atoms with van der Waals surface area (Å²) in [4.78, 5) is 26.6. The van der Waals surface area contributed by atoms with E-state index in [2.05, 4.69) is 0 Å². The van der Waals surface area contributed by atoms with Crippen LogP contribution >= 0.6 is 0 Å². The molecular formula is C19H28N2O5S. The Morgan fingerprint density at radius 2 is 1.74 bits per heavy atom. The van der Waals surface area contributed by atoms with Crippen LogP contribution in [0.5, 0.6) is 0 Å². The molecule has 27 heavy (non-hydrogen) atoms. The van der Waals surface area contributed by atoms with Crippen LogP contribution in [-0.2, 0) is 19.6 Å². The Hall–Kier alpha value is -1.93. The van der Waals surface area contributed by atoms with E-state index >= 15 is 0 Å². The van der Waals surface area contributed by atoms with Crippen LogP contribution in [-0.4, -0.2) is 62.8 Å². The van der Waals surface area contributed by atoms with E-state index in [9.17, 15) is 18.0 Å². The van der Waals surface area contributed by atoms with Crippen LogP contribution in [0, 0.1) is 0 Å². The first-order valence-corrected chi connectivity index (χ1v) is 10.6. The molecule has 0 heterocycles. The molecule has 0 N–H and O–H groups in total. The smallest absolute Gasteiger partial charge is 0.338 e. The van der Waals surface area contributed by atoms with Gasteiger partial charge in [-0.15, -0.1) is 0 Å². The molecule has 0 spiro atoms. The van der Waals surface area contributed by atoms with E-state index in [4.69, 9.17) is 4.74 Å². The van der Waals surface area contributed by atoms with Gasteiger partial charge in [-0.1, -0.05) is 25.3 Å². The molecule has 1 aromatic carbocycles. The summed E-state index contributed by atoms with van der Waals surface area (Å²) < 4.78 is 30.8. The van der Waals surface area contributed by atoms with Crippen molar-refractivity contribution < 1.29 is 22.7 Å². The highest BCUT2D eigenvalue weighted by Crippen LogP contribution is 2.22. The lowest BCUT2D eigenvalue weighted by Crippen LogP contribution is -2.44. The SMILES string of the molecule is C[C@@H](OC(=O)c1cccc(S(=O)(=O)N(C)C)c1)C(=O)N(C)C1CCCCC1. The zero-order chi connectivity index (χ0) is 20.2. The van der Waals surface area contributed by atoms with E-state index < -0.39 is 22.1 Å². The highest BCUT2D eigenvalue weighted by atomic mass is 32.2. The third-order valence-electron chi connectivity index (χ3n) is 4.95. The first-order chi connectivity index (χ1) is 12.6. The van der Waals surface area contributed by atoms with Crippen molar-refractivity contribution in [1.82, 2.24) is 9.21 Å². The van der Waals surface area contributed by atoms with Crippen LogP contribution in [0.3, 0.4) is 0 Å². The second-order valence-corrected chi connectivity index (χ2v) is 9.26. The molecule has 1 saturated carbocycles. The Morgan fingerprint density at radius 3 is 2.33 bits per heavy atom. The van der Waals surface area contributed by atoms with Gasteiger partial charge in [0.05, 0.1) is 10.5 Å². The third kappa shape index (κ3) is 5.07. The van der Waals surface area contributed by atoms with Crippen LogP contribution in [0.25, 0.3) is 0 Å². The summed E-state index contributed by atoms with van der Waals surface area (Å²) in [6, 6.07) is 5.81. The summed E-state index contributed by atoms with van der Waals surface area (Å²) in [6.07, 6.45) is 4.39. The Morgan fingerprint density at radius 1 is 1.11 bits per heavy atom. The maximum Gasteiger partial charge on any atom is 0.338 e. The number of ether oxygens (including phenoxy) is 1. The number of nitrogens with zero attached hydrogens (tertiary/aromatic N) is 2. The van der Waals surface area contributed by atoms with Gasteiger partial charge in [-0.3, -0.25) is 4.79 Å². The van der Waals surface area contributed by atoms with Crippen molar-refractivity contribution in [1.29, 1.82) is 0 Å². The summed E-state index contributed by atoms with van der Waals surface area (Å²) in [7, 11) is 0.925. The van der Waals surface area contributed by atoms with Crippen LogP contribution in [0.15, 0.2) is 29.2 Å². The zero-order valence-electron chi connectivity index (χ0n) is 16.3. The summed E-state index contributed by atoms with van der Waals surface area (Å²) in [5.41, 5.74) is 0.0953. The van der Waals surface area contributed by atoms with Crippen molar-refractivity contribution in [2.45, 2.75) is 56.1 Å². The summed E-state index contributed by atoms with van der Waals surface area (Å²) >= 11 is 0. The van der Waals surface area contributed by atoms with Gasteiger partial charge in [-0.25, -0.2) is 17.5 Å². The average molecular weight is 397 g/mol. The van der Waals surface area contributed by atoms with Gasteiger partial charge in [0.1, 0.15) is 0 Å². The van der Waals surface area contributed by atoms with E-state index in [1.165, 1.54) is 44.8 Å². The van der Waals surface area contributed by atoms with Crippen molar-refractivity contribution in [2.75, 3.05) is 21.1 Å². The highest BCUT2D eigenvalue weighted by molar-refractivity contribution is 7.89. The van der Waals surface area contributed by atoms with Crippen molar-refractivity contribution in [2.24, 2.45) is 0 Å². The molecule has 1 aliphatic carbocycles. The number of hydrogen-bond acceptors (Lipinski definition) is 5. The number of esters is 1. The molecule has 1 amide bonds. The molecule has 1 fully saturated rings. The molecule has 1 aromatic rings. The molecule has 8 heteroatoms. The van der Waals surface area contributed by atoms with Gasteiger partial charge in [0, 0.05) is 27.2 Å². The minimum absolute atomic E-state index is 0.000235. The van der Waals surface area contributed by atoms with Gasteiger partial charge in [-0.05, 0) is 38.0 Å². The molecule has 7 nitrogen and oxygen atoms in total. The average Bonchev–Trinajstić information content (AvgIpc) is 2.67. The van der Waals surface area contributed by atoms with Gasteiger partial charge in [0.2, 0.25) is 10.0 Å². The minimum Gasteiger partial charge on any atom is -0.449 e. The lowest BCUT2D eigenvalue weighted by atomic mass is 9.94. The van der Waals surface area contributed by atoms with Gasteiger partial charge in [-0.2, -0.15) is 0 Å². The maximum absolute atomic E-state index is 12.6. The van der Waals surface area contributed by atoms with Crippen molar-refractivity contribution in [3.8, 4) is 0 Å². The Kier molecular flexibility index (Phi) is 7.00. The number of hydrogen-bond donors (Lipinski definition) is 0. The molecule has 0 radical (unpaired) electrons. The highest BCUT2D eigenvalue weighted by Gasteiger charge is 2.28. The zero-order valence-corrected chi connectivity index (χ0v) is 17.2. The number of amides is 1. The Labute approximate surface area is 161 Å². The quantitative estimate of drug-likeness (QED) is 0.689. The van der Waals surface area contributed by atoms with Crippen molar-refractivity contribution >= 4 is 21.9 Å². The molecular weight excluding hydrogens is 368 g/mol. The lowest BCUT2D eigenvalue weighted by Gasteiger charge is -2.32. The number of carbonyl (C=O) groups excluding carboxylic acids is 2. The number of rotatable bonds is 6. The Bertz CT molecular complexity index is 785. The number of likely N-dealkylation sites (N-methyl/N-ethyl adjacent to an activating group) is 1. The Balaban J connectivity index is 2.07. The first-order valence-electron chi connectivity index (χ1n) is 9.15. The maximum atomic E-state index is 12.6. The summed E-state index contributed by atoms with van der Waals surface area (Å²) in [5, 5.41) is 0. The third-order valence-corrected chi connectivity index (χ3v) is 6.76. The molecule has 0 unspecified atom stereocenters. The second-order valence-electron chi connectivity index (χ2n) is 7.10. The van der Waals surface area contributed by atoms with Crippen molar-refractivity contribution in [3.63, 3.8) is 0 Å². The molecule has 0 aromatic heterocycles. The van der Waals surface area contributed by atoms with Gasteiger partial charge in [0.25, 0.3) is 5.91 Å². The molecule has 2 rings (SSSR count). The number of benzene rings is 1. The van der Waals surface area contributed by atoms with Crippen LogP contribution in [0.2, 0.25) is 0 Å². The van der Waals surface area contributed by atoms with Crippen molar-refractivity contribution in [3.05, 3.63) is 29.8 Å². The van der Waals surface area contributed by atoms with E-state index in [0.717, 1.165) is 30.0 Å². The fourth-order valence-corrected chi connectivity index (χ4v) is 4.16. The molecule has 0 saturated heterocycles. The monoisotopic (exact) mass is 396 g/mol. The van der Waals surface area contributed by atoms with E-state index in [1.54, 1.807) is 18.9 Å². The van der Waals surface area contributed by atoms with Crippen LogP contribution in [0.4, 0.5) is 0 Å². The topological polar surface area (TPSA) is 84.0 Å². The minimum atomic E-state index is -3.66. The number of carbonyl (C=O) groups is 2. The van der Waals surface area contributed by atoms with E-state index in [-0.39, 0.29) is 22.4 Å². The second kappa shape index (κ2) is 8.84. The van der Waals surface area contributed by atoms with Gasteiger partial charge >= 0.3 is 5.97 Å². The summed E-state index contributed by atoms with van der Waals surface area (Å²) in [6.45, 7) is 1.54. The normalized spacial score (nSPS) is 16.8. The molecule has 1 atom stereocenters.